The number of benzene rings is 6. The molecule has 50 heavy (non-hydrogen) atoms. The Hall–Kier alpha value is -6.14. The maximum Gasteiger partial charge on any atom is 0.261 e. The summed E-state index contributed by atoms with van der Waals surface area (Å²) in [6.07, 6.45) is 0.869. The van der Waals surface area contributed by atoms with E-state index in [-0.39, 0.29) is 0 Å². The van der Waals surface area contributed by atoms with E-state index in [0.29, 0.717) is 45.9 Å². The highest BCUT2D eigenvalue weighted by Crippen LogP contribution is 2.42. The second-order valence-electron chi connectivity index (χ2n) is 13.3. The first-order valence-corrected chi connectivity index (χ1v) is 16.9. The molecule has 6 nitrogen and oxygen atoms in total. The number of imide groups is 2. The second-order valence-corrected chi connectivity index (χ2v) is 13.3. The van der Waals surface area contributed by atoms with Crippen molar-refractivity contribution in [3.8, 4) is 0 Å². The molecule has 0 radical (unpaired) electrons. The lowest BCUT2D eigenvalue weighted by Crippen LogP contribution is -2.46. The Morgan fingerprint density at radius 1 is 0.400 bits per heavy atom. The van der Waals surface area contributed by atoms with Crippen molar-refractivity contribution >= 4 is 34.4 Å². The van der Waals surface area contributed by atoms with Gasteiger partial charge in [-0.2, -0.15) is 0 Å². The summed E-state index contributed by atoms with van der Waals surface area (Å²) in [6.45, 7) is 4.04. The molecule has 0 N–H and O–H groups in total. The predicted octanol–water partition coefficient (Wildman–Crippen LogP) is 8.62. The van der Waals surface area contributed by atoms with E-state index in [0.717, 1.165) is 33.4 Å². The summed E-state index contributed by atoms with van der Waals surface area (Å²) in [5.74, 6) is -1.79. The topological polar surface area (TPSA) is 74.8 Å². The summed E-state index contributed by atoms with van der Waals surface area (Å²) < 4.78 is 0. The lowest BCUT2D eigenvalue weighted by atomic mass is 9.83. The van der Waals surface area contributed by atoms with Crippen LogP contribution >= 0.6 is 0 Å². The van der Waals surface area contributed by atoms with Crippen molar-refractivity contribution in [1.29, 1.82) is 0 Å². The monoisotopic (exact) mass is 654 g/mol. The van der Waals surface area contributed by atoms with E-state index in [1.54, 1.807) is 24.3 Å². The van der Waals surface area contributed by atoms with Crippen molar-refractivity contribution in [2.24, 2.45) is 0 Å². The van der Waals surface area contributed by atoms with E-state index in [1.807, 2.05) is 123 Å². The van der Waals surface area contributed by atoms with E-state index in [2.05, 4.69) is 0 Å². The summed E-state index contributed by atoms with van der Waals surface area (Å²) in [6, 6.07) is 40.8. The average Bonchev–Trinajstić information content (AvgIpc) is 3.14. The minimum atomic E-state index is -0.568. The number of nitrogens with zero attached hydrogens (tertiary/aromatic N) is 2. The molecule has 4 amide bonds. The van der Waals surface area contributed by atoms with Gasteiger partial charge in [-0.05, 0) is 73.2 Å². The Labute approximate surface area is 290 Å². The molecule has 0 saturated heterocycles. The molecular formula is C44H34N2O4. The van der Waals surface area contributed by atoms with E-state index in [4.69, 9.17) is 0 Å². The molecule has 6 aromatic rings. The SMILES string of the molecule is Cc1ccc(CC(c2ccccc2)N2C(=O)c3ccc4c5c(ccc(c35)C2=O)C(=O)N(C(Cc2ccc(C)cc2)c2ccccc2)C4=O)cc1. The number of rotatable bonds is 8. The Balaban J connectivity index is 1.22. The van der Waals surface area contributed by atoms with Crippen molar-refractivity contribution < 1.29 is 19.2 Å². The lowest BCUT2D eigenvalue weighted by Gasteiger charge is -2.37. The zero-order valence-corrected chi connectivity index (χ0v) is 27.8. The number of hydrogen-bond acceptors (Lipinski definition) is 4. The van der Waals surface area contributed by atoms with E-state index >= 15 is 0 Å². The van der Waals surface area contributed by atoms with Crippen LogP contribution in [0.1, 0.15) is 86.9 Å². The molecule has 0 bridgehead atoms. The van der Waals surface area contributed by atoms with Crippen LogP contribution in [0.3, 0.4) is 0 Å². The zero-order valence-electron chi connectivity index (χ0n) is 27.8. The van der Waals surface area contributed by atoms with Crippen LogP contribution in [0.2, 0.25) is 0 Å². The van der Waals surface area contributed by atoms with Gasteiger partial charge < -0.3 is 0 Å². The number of carbonyl (C=O) groups excluding carboxylic acids is 4. The summed E-state index contributed by atoms with van der Waals surface area (Å²) in [7, 11) is 0. The first-order valence-electron chi connectivity index (χ1n) is 16.9. The van der Waals surface area contributed by atoms with Crippen LogP contribution in [-0.4, -0.2) is 33.4 Å². The Bertz CT molecular complexity index is 2080. The van der Waals surface area contributed by atoms with Crippen molar-refractivity contribution in [2.75, 3.05) is 0 Å². The van der Waals surface area contributed by atoms with Gasteiger partial charge in [0.15, 0.2) is 0 Å². The normalized spacial score (nSPS) is 15.1. The molecule has 2 aliphatic rings. The molecule has 0 aromatic heterocycles. The molecule has 0 saturated carbocycles. The van der Waals surface area contributed by atoms with Gasteiger partial charge in [0.05, 0.1) is 12.1 Å². The highest BCUT2D eigenvalue weighted by Gasteiger charge is 2.44. The molecule has 2 aliphatic heterocycles. The molecule has 2 atom stereocenters. The van der Waals surface area contributed by atoms with Crippen LogP contribution in [0.25, 0.3) is 10.8 Å². The molecule has 6 aromatic carbocycles. The third-order valence-electron chi connectivity index (χ3n) is 10.0. The zero-order chi connectivity index (χ0) is 34.5. The fraction of sp³-hybridized carbons (Fsp3) is 0.136. The minimum Gasteiger partial charge on any atom is -0.269 e. The van der Waals surface area contributed by atoms with Crippen LogP contribution in [0.15, 0.2) is 133 Å². The van der Waals surface area contributed by atoms with Crippen LogP contribution in [0.4, 0.5) is 0 Å². The Morgan fingerprint density at radius 2 is 0.700 bits per heavy atom. The summed E-state index contributed by atoms with van der Waals surface area (Å²) in [5, 5.41) is 0.731. The summed E-state index contributed by atoms with van der Waals surface area (Å²) >= 11 is 0. The lowest BCUT2D eigenvalue weighted by molar-refractivity contribution is 0.0513. The van der Waals surface area contributed by atoms with E-state index < -0.39 is 35.7 Å². The second kappa shape index (κ2) is 12.4. The average molecular weight is 655 g/mol. The third-order valence-corrected chi connectivity index (χ3v) is 10.0. The minimum absolute atomic E-state index is 0.304. The van der Waals surface area contributed by atoms with Crippen molar-refractivity contribution in [3.05, 3.63) is 189 Å². The van der Waals surface area contributed by atoms with Gasteiger partial charge in [-0.25, -0.2) is 0 Å². The first kappa shape index (κ1) is 31.1. The van der Waals surface area contributed by atoms with Gasteiger partial charge in [-0.15, -0.1) is 0 Å². The number of carbonyl (C=O) groups is 4. The smallest absolute Gasteiger partial charge is 0.261 e. The van der Waals surface area contributed by atoms with Crippen molar-refractivity contribution in [1.82, 2.24) is 9.80 Å². The Kier molecular flexibility index (Phi) is 7.72. The molecule has 244 valence electrons. The standard InChI is InChI=1S/C44H34N2O4/c1-27-13-17-29(18-14-27)25-37(31-9-5-3-6-10-31)45-41(47)33-21-23-35-40-36(24-22-34(39(33)40)42(45)48)44(50)46(43(35)49)38(32-11-7-4-8-12-32)26-30-19-15-28(2)16-20-30/h3-24,37-38H,25-26H2,1-2H3. The first-order chi connectivity index (χ1) is 24.3. The maximum absolute atomic E-state index is 14.5. The molecule has 2 unspecified atom stereocenters. The van der Waals surface area contributed by atoms with Gasteiger partial charge in [0.2, 0.25) is 0 Å². The molecule has 0 aliphatic carbocycles. The van der Waals surface area contributed by atoms with Crippen molar-refractivity contribution in [2.45, 2.75) is 38.8 Å². The number of aryl methyl sites for hydroxylation is 2. The molecule has 0 spiro atoms. The van der Waals surface area contributed by atoms with E-state index in [9.17, 15) is 19.2 Å². The third kappa shape index (κ3) is 5.21. The van der Waals surface area contributed by atoms with Crippen LogP contribution < -0.4 is 0 Å². The van der Waals surface area contributed by atoms with Crippen LogP contribution in [0.5, 0.6) is 0 Å². The van der Waals surface area contributed by atoms with Crippen molar-refractivity contribution in [3.63, 3.8) is 0 Å². The molecule has 2 heterocycles. The Morgan fingerprint density at radius 3 is 1.00 bits per heavy atom. The van der Waals surface area contributed by atoms with E-state index in [1.165, 1.54) is 9.80 Å². The predicted molar refractivity (Wildman–Crippen MR) is 193 cm³/mol. The summed E-state index contributed by atoms with van der Waals surface area (Å²) in [5.41, 5.74) is 7.13. The van der Waals surface area contributed by atoms with Crippen LogP contribution in [0, 0.1) is 13.8 Å². The molecule has 0 fully saturated rings. The largest absolute Gasteiger partial charge is 0.269 e. The van der Waals surface area contributed by atoms with Gasteiger partial charge in [-0.1, -0.05) is 120 Å². The van der Waals surface area contributed by atoms with Gasteiger partial charge in [0.1, 0.15) is 0 Å². The number of hydrogen-bond donors (Lipinski definition) is 0. The van der Waals surface area contributed by atoms with Gasteiger partial charge in [0.25, 0.3) is 23.6 Å². The van der Waals surface area contributed by atoms with Gasteiger partial charge in [0, 0.05) is 33.0 Å². The maximum atomic E-state index is 14.5. The molecule has 8 rings (SSSR count). The highest BCUT2D eigenvalue weighted by atomic mass is 16.2. The van der Waals surface area contributed by atoms with Gasteiger partial charge >= 0.3 is 0 Å². The van der Waals surface area contributed by atoms with Crippen LogP contribution in [-0.2, 0) is 12.8 Å². The summed E-state index contributed by atoms with van der Waals surface area (Å²) in [4.78, 5) is 60.6. The van der Waals surface area contributed by atoms with Gasteiger partial charge in [-0.3, -0.25) is 29.0 Å². The molecular weight excluding hydrogens is 620 g/mol. The fourth-order valence-electron chi connectivity index (χ4n) is 7.44. The molecule has 6 heteroatoms. The quantitative estimate of drug-likeness (QED) is 0.154. The highest BCUT2D eigenvalue weighted by molar-refractivity contribution is 6.33. The number of amides is 4. The fourth-order valence-corrected chi connectivity index (χ4v) is 7.44.